The summed E-state index contributed by atoms with van der Waals surface area (Å²) in [4.78, 5) is 11.7. The van der Waals surface area contributed by atoms with Crippen LogP contribution in [0.3, 0.4) is 0 Å². The fraction of sp³-hybridized carbons (Fsp3) is 0.357. The van der Waals surface area contributed by atoms with E-state index in [2.05, 4.69) is 38.4 Å². The molecule has 0 saturated carbocycles. The van der Waals surface area contributed by atoms with Crippen molar-refractivity contribution in [1.29, 1.82) is 0 Å². The number of hydrogen-bond donors (Lipinski definition) is 1. The molecule has 2 fully saturated rings. The summed E-state index contributed by atoms with van der Waals surface area (Å²) >= 11 is 1.24. The van der Waals surface area contributed by atoms with Crippen molar-refractivity contribution in [3.63, 3.8) is 0 Å². The minimum Gasteiger partial charge on any atom is -0.378 e. The maximum Gasteiger partial charge on any atom is 0.136 e. The number of aryl methyl sites for hydroxylation is 2. The molecular formula is C28H26F2N4OS. The number of halogens is 2. The molecule has 1 aliphatic carbocycles. The Bertz CT molecular complexity index is 1420. The largest absolute Gasteiger partial charge is 0.378 e. The Labute approximate surface area is 212 Å². The normalized spacial score (nSPS) is 23.7. The summed E-state index contributed by atoms with van der Waals surface area (Å²) in [6.45, 7) is 1.78. The van der Waals surface area contributed by atoms with Gasteiger partial charge < -0.3 is 10.1 Å². The van der Waals surface area contributed by atoms with Gasteiger partial charge in [0, 0.05) is 36.1 Å². The predicted octanol–water partition coefficient (Wildman–Crippen LogP) is 6.10. The van der Waals surface area contributed by atoms with E-state index in [1.165, 1.54) is 59.9 Å². The Hall–Kier alpha value is -2.94. The zero-order valence-electron chi connectivity index (χ0n) is 19.7. The molecule has 4 heterocycles. The van der Waals surface area contributed by atoms with Crippen LogP contribution in [0.15, 0.2) is 48.7 Å². The summed E-state index contributed by atoms with van der Waals surface area (Å²) in [7, 11) is 0. The number of morpholine rings is 1. The third-order valence-corrected chi connectivity index (χ3v) is 8.88. The highest BCUT2D eigenvalue weighted by Gasteiger charge is 2.45. The molecule has 7 rings (SSSR count). The highest BCUT2D eigenvalue weighted by Crippen LogP contribution is 2.38. The van der Waals surface area contributed by atoms with E-state index in [1.807, 2.05) is 6.07 Å². The van der Waals surface area contributed by atoms with Gasteiger partial charge in [-0.25, -0.2) is 18.7 Å². The molecule has 2 aromatic carbocycles. The third-order valence-electron chi connectivity index (χ3n) is 7.85. The average molecular weight is 505 g/mol. The lowest BCUT2D eigenvalue weighted by molar-refractivity contribution is -0.148. The van der Waals surface area contributed by atoms with Crippen LogP contribution in [0.25, 0.3) is 20.8 Å². The van der Waals surface area contributed by atoms with Crippen molar-refractivity contribution in [2.45, 2.75) is 50.2 Å². The Balaban J connectivity index is 1.09. The number of aromatic nitrogens is 2. The van der Waals surface area contributed by atoms with Crippen LogP contribution in [0, 0.1) is 11.6 Å². The molecule has 8 heteroatoms. The van der Waals surface area contributed by atoms with Crippen LogP contribution in [0.1, 0.15) is 30.4 Å². The quantitative estimate of drug-likeness (QED) is 0.340. The first kappa shape index (κ1) is 22.3. The van der Waals surface area contributed by atoms with Gasteiger partial charge in [0.1, 0.15) is 22.5 Å². The van der Waals surface area contributed by atoms with Crippen LogP contribution in [-0.2, 0) is 17.6 Å². The van der Waals surface area contributed by atoms with Gasteiger partial charge in [0.05, 0.1) is 29.0 Å². The number of nitrogens with zero attached hydrogens (tertiary/aromatic N) is 3. The van der Waals surface area contributed by atoms with Gasteiger partial charge in [-0.3, -0.25) is 4.90 Å². The standard InChI is InChI=1S/C28H26F2N4OS/c29-22-2-1-3-23(30)27(22)28-33-24-12-26(31-13-25(24)36-28)32-18-7-4-16-5-8-19(9-6-17(16)10-18)34-20-11-21(34)15-35-14-20/h1-4,7,10,12-13,19-21H,5-6,8-9,11,14-15H2,(H,31,32)/t19-,20?,21?/m0/s1. The molecule has 0 spiro atoms. The van der Waals surface area contributed by atoms with E-state index < -0.39 is 11.6 Å². The summed E-state index contributed by atoms with van der Waals surface area (Å²) in [6, 6.07) is 14.2. The predicted molar refractivity (Wildman–Crippen MR) is 138 cm³/mol. The van der Waals surface area contributed by atoms with Gasteiger partial charge in [-0.2, -0.15) is 0 Å². The smallest absolute Gasteiger partial charge is 0.136 e. The topological polar surface area (TPSA) is 50.3 Å². The molecule has 36 heavy (non-hydrogen) atoms. The van der Waals surface area contributed by atoms with Crippen molar-refractivity contribution >= 4 is 33.1 Å². The number of pyridine rings is 1. The molecule has 2 saturated heterocycles. The van der Waals surface area contributed by atoms with Crippen LogP contribution in [0.5, 0.6) is 0 Å². The minimum absolute atomic E-state index is 0.0911. The molecule has 2 unspecified atom stereocenters. The summed E-state index contributed by atoms with van der Waals surface area (Å²) in [5, 5.41) is 3.72. The molecule has 3 aliphatic rings. The van der Waals surface area contributed by atoms with Gasteiger partial charge in [0.2, 0.25) is 0 Å². The SMILES string of the molecule is Fc1cccc(F)c1-c1nc2cc(Nc3ccc4c(c3)CC[C@@H](N3C5COCC3C5)CC4)ncc2s1. The molecule has 0 amide bonds. The van der Waals surface area contributed by atoms with Gasteiger partial charge in [-0.15, -0.1) is 11.3 Å². The fourth-order valence-electron chi connectivity index (χ4n) is 6.09. The molecule has 184 valence electrons. The fourth-order valence-corrected chi connectivity index (χ4v) is 7.05. The van der Waals surface area contributed by atoms with E-state index in [0.29, 0.717) is 34.5 Å². The van der Waals surface area contributed by atoms with Crippen molar-refractivity contribution in [3.05, 3.63) is 71.4 Å². The average Bonchev–Trinajstić information content (AvgIpc) is 3.18. The maximum absolute atomic E-state index is 14.2. The Kier molecular flexibility index (Phi) is 5.49. The molecule has 0 radical (unpaired) electrons. The number of thiazole rings is 1. The van der Waals surface area contributed by atoms with E-state index >= 15 is 0 Å². The van der Waals surface area contributed by atoms with Crippen LogP contribution >= 0.6 is 11.3 Å². The van der Waals surface area contributed by atoms with Crippen LogP contribution in [0.4, 0.5) is 20.3 Å². The van der Waals surface area contributed by atoms with Crippen molar-refractivity contribution in [1.82, 2.24) is 14.9 Å². The molecule has 4 aromatic rings. The van der Waals surface area contributed by atoms with Crippen molar-refractivity contribution in [2.24, 2.45) is 0 Å². The molecule has 3 atom stereocenters. The first-order valence-electron chi connectivity index (χ1n) is 12.6. The van der Waals surface area contributed by atoms with Crippen LogP contribution in [-0.4, -0.2) is 46.2 Å². The van der Waals surface area contributed by atoms with E-state index in [4.69, 9.17) is 4.74 Å². The Morgan fingerprint density at radius 1 is 0.944 bits per heavy atom. The third kappa shape index (κ3) is 3.88. The maximum atomic E-state index is 14.2. The van der Waals surface area contributed by atoms with Crippen molar-refractivity contribution in [2.75, 3.05) is 18.5 Å². The molecule has 2 aromatic heterocycles. The number of fused-ring (bicyclic) bond motifs is 4. The first-order valence-corrected chi connectivity index (χ1v) is 13.4. The van der Waals surface area contributed by atoms with E-state index in [1.54, 1.807) is 6.20 Å². The molecule has 5 nitrogen and oxygen atoms in total. The lowest BCUT2D eigenvalue weighted by atomic mass is 9.87. The van der Waals surface area contributed by atoms with Gasteiger partial charge in [-0.05, 0) is 67.5 Å². The lowest BCUT2D eigenvalue weighted by Gasteiger charge is -2.56. The first-order chi connectivity index (χ1) is 17.6. The van der Waals surface area contributed by atoms with E-state index in [-0.39, 0.29) is 5.56 Å². The summed E-state index contributed by atoms with van der Waals surface area (Å²) < 4.78 is 35.0. The number of hydrogen-bond acceptors (Lipinski definition) is 6. The van der Waals surface area contributed by atoms with Gasteiger partial charge in [0.25, 0.3) is 0 Å². The molecular weight excluding hydrogens is 478 g/mol. The zero-order valence-corrected chi connectivity index (χ0v) is 20.5. The van der Waals surface area contributed by atoms with Crippen LogP contribution < -0.4 is 5.32 Å². The highest BCUT2D eigenvalue weighted by atomic mass is 32.1. The van der Waals surface area contributed by atoms with Gasteiger partial charge >= 0.3 is 0 Å². The van der Waals surface area contributed by atoms with Gasteiger partial charge in [-0.1, -0.05) is 12.1 Å². The van der Waals surface area contributed by atoms with E-state index in [0.717, 1.165) is 36.4 Å². The van der Waals surface area contributed by atoms with Crippen molar-refractivity contribution in [3.8, 4) is 10.6 Å². The summed E-state index contributed by atoms with van der Waals surface area (Å²) in [6.07, 6.45) is 7.57. The highest BCUT2D eigenvalue weighted by molar-refractivity contribution is 7.21. The Morgan fingerprint density at radius 3 is 2.50 bits per heavy atom. The number of rotatable bonds is 4. The number of benzene rings is 2. The van der Waals surface area contributed by atoms with Gasteiger partial charge in [0.15, 0.2) is 0 Å². The summed E-state index contributed by atoms with van der Waals surface area (Å²) in [5.74, 6) is -0.565. The second-order valence-electron chi connectivity index (χ2n) is 10.0. The number of anilines is 2. The summed E-state index contributed by atoms with van der Waals surface area (Å²) in [5.41, 5.74) is 4.40. The molecule has 2 bridgehead atoms. The molecule has 2 aliphatic heterocycles. The second-order valence-corrected chi connectivity index (χ2v) is 11.1. The number of ether oxygens (including phenoxy) is 1. The molecule has 1 N–H and O–H groups in total. The minimum atomic E-state index is -0.613. The zero-order chi connectivity index (χ0) is 24.2. The number of nitrogens with one attached hydrogen (secondary N) is 1. The lowest BCUT2D eigenvalue weighted by Crippen LogP contribution is -2.66. The Morgan fingerprint density at radius 2 is 1.72 bits per heavy atom. The monoisotopic (exact) mass is 504 g/mol. The van der Waals surface area contributed by atoms with Crippen LogP contribution in [0.2, 0.25) is 0 Å². The van der Waals surface area contributed by atoms with Crippen molar-refractivity contribution < 1.29 is 13.5 Å². The van der Waals surface area contributed by atoms with E-state index in [9.17, 15) is 8.78 Å². The second kappa shape index (κ2) is 8.87.